The van der Waals surface area contributed by atoms with Gasteiger partial charge < -0.3 is 4.98 Å². The van der Waals surface area contributed by atoms with E-state index in [1.807, 2.05) is 6.92 Å². The van der Waals surface area contributed by atoms with Crippen molar-refractivity contribution in [1.82, 2.24) is 19.1 Å². The van der Waals surface area contributed by atoms with E-state index >= 15 is 0 Å². The van der Waals surface area contributed by atoms with Crippen LogP contribution in [0.3, 0.4) is 0 Å². The van der Waals surface area contributed by atoms with Crippen molar-refractivity contribution < 1.29 is 0 Å². The Morgan fingerprint density at radius 1 is 1.41 bits per heavy atom. The van der Waals surface area contributed by atoms with Gasteiger partial charge in [0, 0.05) is 13.6 Å². The predicted molar refractivity (Wildman–Crippen MR) is 65.4 cm³/mol. The summed E-state index contributed by atoms with van der Waals surface area (Å²) in [5.74, 6) is 0.673. The third-order valence-electron chi connectivity index (χ3n) is 2.60. The average Bonchev–Trinajstić information content (AvgIpc) is 2.76. The van der Waals surface area contributed by atoms with Crippen molar-refractivity contribution in [1.29, 1.82) is 0 Å². The zero-order valence-electron chi connectivity index (χ0n) is 9.66. The molecule has 1 N–H and O–H groups in total. The molecular formula is C10H13ClN4O2. The molecule has 0 saturated heterocycles. The molecule has 0 aromatic carbocycles. The minimum Gasteiger partial charge on any atom is -0.335 e. The molecule has 2 heterocycles. The van der Waals surface area contributed by atoms with E-state index in [0.29, 0.717) is 23.5 Å². The first kappa shape index (κ1) is 11.9. The normalized spacial score (nSPS) is 11.2. The molecule has 92 valence electrons. The van der Waals surface area contributed by atoms with Crippen molar-refractivity contribution in [3.63, 3.8) is 0 Å². The number of H-pyrrole nitrogens is 1. The van der Waals surface area contributed by atoms with Gasteiger partial charge in [-0.25, -0.2) is 9.78 Å². The number of alkyl halides is 1. The van der Waals surface area contributed by atoms with E-state index in [1.54, 1.807) is 0 Å². The van der Waals surface area contributed by atoms with Crippen LogP contribution < -0.4 is 11.2 Å². The van der Waals surface area contributed by atoms with Crippen LogP contribution in [0.5, 0.6) is 0 Å². The van der Waals surface area contributed by atoms with Gasteiger partial charge in [-0.15, -0.1) is 11.6 Å². The van der Waals surface area contributed by atoms with Crippen molar-refractivity contribution in [3.8, 4) is 0 Å². The Hall–Kier alpha value is -1.56. The zero-order valence-corrected chi connectivity index (χ0v) is 10.4. The van der Waals surface area contributed by atoms with E-state index in [4.69, 9.17) is 11.6 Å². The average molecular weight is 257 g/mol. The Balaban J connectivity index is 2.91. The van der Waals surface area contributed by atoms with Gasteiger partial charge >= 0.3 is 5.69 Å². The highest BCUT2D eigenvalue weighted by atomic mass is 35.5. The molecule has 0 bridgehead atoms. The molecule has 2 rings (SSSR count). The number of hydrogen-bond acceptors (Lipinski definition) is 3. The maximum Gasteiger partial charge on any atom is 0.332 e. The summed E-state index contributed by atoms with van der Waals surface area (Å²) in [4.78, 5) is 30.8. The Labute approximate surface area is 102 Å². The molecule has 0 aliphatic carbocycles. The first-order chi connectivity index (χ1) is 8.10. The minimum atomic E-state index is -0.374. The number of imidazole rings is 1. The van der Waals surface area contributed by atoms with Crippen LogP contribution in [0.25, 0.3) is 11.2 Å². The standard InChI is InChI=1S/C10H13ClN4O2/c1-3-4-15-8-7(12-6(5-11)13-8)9(16)14(2)10(15)17/h3-5H2,1-2H3,(H,12,13). The molecule has 7 heteroatoms. The minimum absolute atomic E-state index is 0.179. The SMILES string of the molecule is CCCn1c(=O)n(C)c(=O)c2[nH]c(CCl)nc21. The third-order valence-corrected chi connectivity index (χ3v) is 2.85. The maximum absolute atomic E-state index is 11.9. The zero-order chi connectivity index (χ0) is 12.6. The highest BCUT2D eigenvalue weighted by Crippen LogP contribution is 2.07. The lowest BCUT2D eigenvalue weighted by Gasteiger charge is -2.06. The fraction of sp³-hybridized carbons (Fsp3) is 0.500. The summed E-state index contributed by atoms with van der Waals surface area (Å²) < 4.78 is 2.57. The van der Waals surface area contributed by atoms with Gasteiger partial charge in [-0.2, -0.15) is 0 Å². The number of halogens is 1. The lowest BCUT2D eigenvalue weighted by atomic mass is 10.4. The molecule has 0 radical (unpaired) electrons. The Morgan fingerprint density at radius 3 is 2.71 bits per heavy atom. The van der Waals surface area contributed by atoms with Crippen molar-refractivity contribution in [2.45, 2.75) is 25.8 Å². The summed E-state index contributed by atoms with van der Waals surface area (Å²) in [6.07, 6.45) is 0.788. The van der Waals surface area contributed by atoms with Gasteiger partial charge in [0.1, 0.15) is 11.3 Å². The Bertz CT molecular complexity index is 667. The second-order valence-electron chi connectivity index (χ2n) is 3.81. The highest BCUT2D eigenvalue weighted by Gasteiger charge is 2.14. The maximum atomic E-state index is 11.9. The fourth-order valence-electron chi connectivity index (χ4n) is 1.77. The molecule has 2 aromatic heterocycles. The predicted octanol–water partition coefficient (Wildman–Crippen LogP) is 0.572. The molecule has 0 saturated carbocycles. The molecule has 17 heavy (non-hydrogen) atoms. The number of fused-ring (bicyclic) bond motifs is 1. The van der Waals surface area contributed by atoms with Crippen LogP contribution in [0.1, 0.15) is 19.2 Å². The number of rotatable bonds is 3. The van der Waals surface area contributed by atoms with Gasteiger partial charge in [0.15, 0.2) is 5.65 Å². The van der Waals surface area contributed by atoms with Gasteiger partial charge in [-0.1, -0.05) is 6.92 Å². The topological polar surface area (TPSA) is 72.7 Å². The molecule has 6 nitrogen and oxygen atoms in total. The second kappa shape index (κ2) is 4.37. The van der Waals surface area contributed by atoms with Crippen molar-refractivity contribution in [2.24, 2.45) is 7.05 Å². The Kier molecular flexibility index (Phi) is 3.06. The first-order valence-corrected chi connectivity index (χ1v) is 5.88. The van der Waals surface area contributed by atoms with Gasteiger partial charge in [-0.05, 0) is 6.42 Å². The third kappa shape index (κ3) is 1.78. The van der Waals surface area contributed by atoms with Gasteiger partial charge in [0.25, 0.3) is 5.56 Å². The molecule has 0 fully saturated rings. The van der Waals surface area contributed by atoms with Gasteiger partial charge in [-0.3, -0.25) is 13.9 Å². The van der Waals surface area contributed by atoms with E-state index in [0.717, 1.165) is 11.0 Å². The molecule has 0 amide bonds. The number of nitrogens with zero attached hydrogens (tertiary/aromatic N) is 3. The summed E-state index contributed by atoms with van der Waals surface area (Å²) >= 11 is 5.67. The number of hydrogen-bond donors (Lipinski definition) is 1. The van der Waals surface area contributed by atoms with Crippen molar-refractivity contribution in [3.05, 3.63) is 26.7 Å². The second-order valence-corrected chi connectivity index (χ2v) is 4.08. The summed E-state index contributed by atoms with van der Waals surface area (Å²) in [6, 6.07) is 0. The summed E-state index contributed by atoms with van der Waals surface area (Å²) in [6.45, 7) is 2.48. The number of aromatic amines is 1. The molecule has 0 aliphatic heterocycles. The highest BCUT2D eigenvalue weighted by molar-refractivity contribution is 6.16. The van der Waals surface area contributed by atoms with E-state index < -0.39 is 0 Å². The number of nitrogens with one attached hydrogen (secondary N) is 1. The summed E-state index contributed by atoms with van der Waals surface area (Å²) in [5.41, 5.74) is -0.00927. The fourth-order valence-corrected chi connectivity index (χ4v) is 1.90. The Morgan fingerprint density at radius 2 is 2.12 bits per heavy atom. The smallest absolute Gasteiger partial charge is 0.332 e. The summed E-state index contributed by atoms with van der Waals surface area (Å²) in [5, 5.41) is 0. The van der Waals surface area contributed by atoms with Gasteiger partial charge in [0.2, 0.25) is 0 Å². The van der Waals surface area contributed by atoms with Crippen LogP contribution in [0.4, 0.5) is 0 Å². The molecule has 0 spiro atoms. The lowest BCUT2D eigenvalue weighted by molar-refractivity contribution is 0.611. The quantitative estimate of drug-likeness (QED) is 0.816. The van der Waals surface area contributed by atoms with E-state index in [1.165, 1.54) is 11.6 Å². The van der Waals surface area contributed by atoms with Crippen LogP contribution in [0, 0.1) is 0 Å². The largest absolute Gasteiger partial charge is 0.335 e. The lowest BCUT2D eigenvalue weighted by Crippen LogP contribution is -2.38. The van der Waals surface area contributed by atoms with Crippen molar-refractivity contribution in [2.75, 3.05) is 0 Å². The monoisotopic (exact) mass is 256 g/mol. The summed E-state index contributed by atoms with van der Waals surface area (Å²) in [7, 11) is 1.46. The van der Waals surface area contributed by atoms with E-state index in [-0.39, 0.29) is 17.1 Å². The molecule has 2 aromatic rings. The number of aryl methyl sites for hydroxylation is 1. The van der Waals surface area contributed by atoms with E-state index in [9.17, 15) is 9.59 Å². The van der Waals surface area contributed by atoms with Crippen LogP contribution in [0.15, 0.2) is 9.59 Å². The first-order valence-electron chi connectivity index (χ1n) is 5.34. The molecule has 0 aliphatic rings. The van der Waals surface area contributed by atoms with Crippen LogP contribution in [-0.4, -0.2) is 19.1 Å². The van der Waals surface area contributed by atoms with Crippen molar-refractivity contribution >= 4 is 22.8 Å². The van der Waals surface area contributed by atoms with Crippen LogP contribution in [0.2, 0.25) is 0 Å². The van der Waals surface area contributed by atoms with Gasteiger partial charge in [0.05, 0.1) is 5.88 Å². The van der Waals surface area contributed by atoms with Crippen LogP contribution >= 0.6 is 11.6 Å². The van der Waals surface area contributed by atoms with E-state index in [2.05, 4.69) is 9.97 Å². The van der Waals surface area contributed by atoms with Crippen LogP contribution in [-0.2, 0) is 19.5 Å². The number of aromatic nitrogens is 4. The molecule has 0 unspecified atom stereocenters. The molecule has 0 atom stereocenters. The molecular weight excluding hydrogens is 244 g/mol.